The molecule has 5 heteroatoms. The molecule has 1 aliphatic heterocycles. The number of benzene rings is 2. The van der Waals surface area contributed by atoms with Gasteiger partial charge >= 0.3 is 0 Å². The highest BCUT2D eigenvalue weighted by Gasteiger charge is 2.30. The van der Waals surface area contributed by atoms with Crippen molar-refractivity contribution in [2.45, 2.75) is 76.3 Å². The lowest BCUT2D eigenvalue weighted by Gasteiger charge is -2.33. The average molecular weight is 422 g/mol. The molecule has 2 fully saturated rings. The van der Waals surface area contributed by atoms with Crippen molar-refractivity contribution in [3.05, 3.63) is 64.2 Å². The van der Waals surface area contributed by atoms with Gasteiger partial charge in [-0.25, -0.2) is 0 Å². The Morgan fingerprint density at radius 2 is 1.87 bits per heavy atom. The molecule has 2 aromatic carbocycles. The summed E-state index contributed by atoms with van der Waals surface area (Å²) in [6, 6.07) is 14.9. The van der Waals surface area contributed by atoms with E-state index in [2.05, 4.69) is 30.3 Å². The van der Waals surface area contributed by atoms with Crippen LogP contribution in [0.2, 0.25) is 0 Å². The van der Waals surface area contributed by atoms with Gasteiger partial charge in [-0.15, -0.1) is 0 Å². The first-order valence-corrected chi connectivity index (χ1v) is 11.2. The number of hydrogen-bond donors (Lipinski definition) is 2. The van der Waals surface area contributed by atoms with Crippen LogP contribution >= 0.6 is 0 Å². The quantitative estimate of drug-likeness (QED) is 0.693. The largest absolute Gasteiger partial charge is 0.490 e. The van der Waals surface area contributed by atoms with Crippen LogP contribution in [-0.2, 0) is 11.2 Å². The monoisotopic (exact) mass is 421 g/mol. The lowest BCUT2D eigenvalue weighted by molar-refractivity contribution is -0.113. The van der Waals surface area contributed by atoms with Crippen molar-refractivity contribution in [2.75, 3.05) is 6.61 Å². The molecular weight excluding hydrogens is 390 g/mol. The summed E-state index contributed by atoms with van der Waals surface area (Å²) in [4.78, 5) is 0. The molecule has 5 nitrogen and oxygen atoms in total. The summed E-state index contributed by atoms with van der Waals surface area (Å²) >= 11 is 0. The molecule has 1 unspecified atom stereocenters. The average Bonchev–Trinajstić information content (AvgIpc) is 3.58. The second-order valence-electron chi connectivity index (χ2n) is 9.08. The topological polar surface area (TPSA) is 82.7 Å². The third-order valence-electron chi connectivity index (χ3n) is 6.06. The number of rotatable bonds is 7. The Balaban J connectivity index is 1.68. The summed E-state index contributed by atoms with van der Waals surface area (Å²) in [6.07, 6.45) is 2.72. The van der Waals surface area contributed by atoms with Crippen molar-refractivity contribution in [3.8, 4) is 11.8 Å². The van der Waals surface area contributed by atoms with Crippen molar-refractivity contribution in [1.82, 2.24) is 0 Å². The Hall–Kier alpha value is -2.39. The molecule has 1 aliphatic carbocycles. The number of hydrogen-bond acceptors (Lipinski definition) is 5. The van der Waals surface area contributed by atoms with Gasteiger partial charge < -0.3 is 19.7 Å². The maximum absolute atomic E-state index is 10.3. The maximum atomic E-state index is 10.3. The van der Waals surface area contributed by atoms with E-state index < -0.39 is 12.2 Å². The van der Waals surface area contributed by atoms with Gasteiger partial charge in [0.15, 0.2) is 0 Å². The van der Waals surface area contributed by atoms with Crippen LogP contribution in [0.1, 0.15) is 79.4 Å². The van der Waals surface area contributed by atoms with E-state index in [0.717, 1.165) is 16.7 Å². The van der Waals surface area contributed by atoms with Gasteiger partial charge in [0.05, 0.1) is 36.6 Å². The minimum absolute atomic E-state index is 0.0731. The molecule has 0 amide bonds. The van der Waals surface area contributed by atoms with E-state index in [4.69, 9.17) is 9.47 Å². The summed E-state index contributed by atoms with van der Waals surface area (Å²) in [5.74, 6) is 1.26. The molecule has 3 atom stereocenters. The summed E-state index contributed by atoms with van der Waals surface area (Å²) in [5, 5.41) is 29.7. The van der Waals surface area contributed by atoms with Gasteiger partial charge in [0.1, 0.15) is 11.8 Å². The molecule has 1 saturated carbocycles. The summed E-state index contributed by atoms with van der Waals surface area (Å²) in [7, 11) is 0. The van der Waals surface area contributed by atoms with Gasteiger partial charge in [-0.05, 0) is 67.3 Å². The molecule has 1 heterocycles. The van der Waals surface area contributed by atoms with Crippen LogP contribution in [0.5, 0.6) is 5.75 Å². The summed E-state index contributed by atoms with van der Waals surface area (Å²) in [6.45, 7) is 3.75. The Labute approximate surface area is 184 Å². The Morgan fingerprint density at radius 3 is 2.48 bits per heavy atom. The van der Waals surface area contributed by atoms with E-state index in [1.807, 2.05) is 26.0 Å². The van der Waals surface area contributed by atoms with E-state index in [1.54, 1.807) is 0 Å². The van der Waals surface area contributed by atoms with Crippen molar-refractivity contribution in [2.24, 2.45) is 0 Å². The molecule has 1 saturated heterocycles. The molecule has 0 aromatic heterocycles. The van der Waals surface area contributed by atoms with Crippen LogP contribution in [0.25, 0.3) is 0 Å². The third-order valence-corrected chi connectivity index (χ3v) is 6.06. The standard InChI is InChI=1S/C26H31NO4/c1-16(2)30-26-11-21(25-13-22(29)12-23(15-28)31-25)10-20(24(26)14-27)9-17-3-5-18(6-4-17)19-7-8-19/h3-6,10-11,16,19,22-23,25,28-29H,7-9,12-13,15H2,1-2H3/t22?,23-,25+/m0/s1. The SMILES string of the molecule is CC(C)Oc1cc([C@H]2CC(O)C[C@@H](CO)O2)cc(Cc2ccc(C3CC3)cc2)c1C#N. The molecular formula is C26H31NO4. The summed E-state index contributed by atoms with van der Waals surface area (Å²) < 4.78 is 12.0. The first kappa shape index (κ1) is 21.8. The minimum Gasteiger partial charge on any atom is -0.490 e. The highest BCUT2D eigenvalue weighted by Crippen LogP contribution is 2.40. The molecule has 164 valence electrons. The molecule has 0 bridgehead atoms. The molecule has 4 rings (SSSR count). The zero-order chi connectivity index (χ0) is 22.0. The fraction of sp³-hybridized carbons (Fsp3) is 0.500. The zero-order valence-electron chi connectivity index (χ0n) is 18.3. The Kier molecular flexibility index (Phi) is 6.62. The Bertz CT molecular complexity index is 943. The number of aliphatic hydroxyl groups excluding tert-OH is 2. The van der Waals surface area contributed by atoms with Crippen LogP contribution in [0.15, 0.2) is 36.4 Å². The van der Waals surface area contributed by atoms with E-state index in [0.29, 0.717) is 36.5 Å². The fourth-order valence-corrected chi connectivity index (χ4v) is 4.36. The highest BCUT2D eigenvalue weighted by molar-refractivity contribution is 5.53. The number of ether oxygens (including phenoxy) is 2. The number of nitrogens with zero attached hydrogens (tertiary/aromatic N) is 1. The van der Waals surface area contributed by atoms with E-state index in [9.17, 15) is 15.5 Å². The predicted octanol–water partition coefficient (Wildman–Crippen LogP) is 4.39. The molecule has 31 heavy (non-hydrogen) atoms. The van der Waals surface area contributed by atoms with E-state index >= 15 is 0 Å². The second kappa shape index (κ2) is 9.40. The van der Waals surface area contributed by atoms with Crippen LogP contribution in [0, 0.1) is 11.3 Å². The maximum Gasteiger partial charge on any atom is 0.138 e. The van der Waals surface area contributed by atoms with Crippen LogP contribution in [0.3, 0.4) is 0 Å². The second-order valence-corrected chi connectivity index (χ2v) is 9.08. The fourth-order valence-electron chi connectivity index (χ4n) is 4.36. The molecule has 2 aromatic rings. The molecule has 2 aliphatic rings. The molecule has 0 radical (unpaired) electrons. The van der Waals surface area contributed by atoms with Crippen molar-refractivity contribution >= 4 is 0 Å². The van der Waals surface area contributed by atoms with Gasteiger partial charge in [-0.1, -0.05) is 30.3 Å². The van der Waals surface area contributed by atoms with Crippen LogP contribution < -0.4 is 4.74 Å². The van der Waals surface area contributed by atoms with Crippen molar-refractivity contribution < 1.29 is 19.7 Å². The Morgan fingerprint density at radius 1 is 1.13 bits per heavy atom. The van der Waals surface area contributed by atoms with Gasteiger partial charge in [-0.2, -0.15) is 5.26 Å². The van der Waals surface area contributed by atoms with Gasteiger partial charge in [-0.3, -0.25) is 0 Å². The first-order valence-electron chi connectivity index (χ1n) is 11.2. The third kappa shape index (κ3) is 5.27. The van der Waals surface area contributed by atoms with Crippen LogP contribution in [-0.4, -0.2) is 35.1 Å². The van der Waals surface area contributed by atoms with Crippen LogP contribution in [0.4, 0.5) is 0 Å². The lowest BCUT2D eigenvalue weighted by Crippen LogP contribution is -2.33. The first-order chi connectivity index (χ1) is 15.0. The minimum atomic E-state index is -0.528. The normalized spacial score (nSPS) is 23.5. The van der Waals surface area contributed by atoms with Gasteiger partial charge in [0.25, 0.3) is 0 Å². The smallest absolute Gasteiger partial charge is 0.138 e. The summed E-state index contributed by atoms with van der Waals surface area (Å²) in [5.41, 5.74) is 4.84. The van der Waals surface area contributed by atoms with Crippen molar-refractivity contribution in [3.63, 3.8) is 0 Å². The van der Waals surface area contributed by atoms with Gasteiger partial charge in [0, 0.05) is 12.8 Å². The van der Waals surface area contributed by atoms with Crippen molar-refractivity contribution in [1.29, 1.82) is 5.26 Å². The zero-order valence-corrected chi connectivity index (χ0v) is 18.3. The number of aliphatic hydroxyl groups is 2. The molecule has 0 spiro atoms. The molecule has 2 N–H and O–H groups in total. The van der Waals surface area contributed by atoms with E-state index in [1.165, 1.54) is 18.4 Å². The van der Waals surface area contributed by atoms with Gasteiger partial charge in [0.2, 0.25) is 0 Å². The lowest BCUT2D eigenvalue weighted by atomic mass is 9.91. The highest BCUT2D eigenvalue weighted by atomic mass is 16.5. The number of nitriles is 1. The predicted molar refractivity (Wildman–Crippen MR) is 118 cm³/mol. The van der Waals surface area contributed by atoms with E-state index in [-0.39, 0.29) is 18.8 Å².